The van der Waals surface area contributed by atoms with Gasteiger partial charge in [0, 0.05) is 47.6 Å². The molecule has 0 aliphatic carbocycles. The minimum Gasteiger partial charge on any atom is -0.456 e. The van der Waals surface area contributed by atoms with Crippen LogP contribution in [0.2, 0.25) is 0 Å². The number of rotatable bonds is 5. The Hall–Kier alpha value is -7.47. The lowest BCUT2D eigenvalue weighted by atomic mass is 9.91. The van der Waals surface area contributed by atoms with Crippen molar-refractivity contribution in [2.75, 3.05) is 0 Å². The third kappa shape index (κ3) is 5.25. The maximum atomic E-state index is 6.58. The molecule has 0 N–H and O–H groups in total. The summed E-state index contributed by atoms with van der Waals surface area (Å²) < 4.78 is 9.05. The van der Waals surface area contributed by atoms with Crippen molar-refractivity contribution in [2.45, 2.75) is 0 Å². The summed E-state index contributed by atoms with van der Waals surface area (Å²) in [4.78, 5) is 15.5. The molecule has 0 aliphatic heterocycles. The minimum atomic E-state index is 0.615. The third-order valence-electron chi connectivity index (χ3n) is 11.3. The fourth-order valence-electron chi connectivity index (χ4n) is 8.63. The van der Waals surface area contributed by atoms with Gasteiger partial charge in [-0.2, -0.15) is 0 Å². The topological polar surface area (TPSA) is 51.8 Å². The van der Waals surface area contributed by atoms with Crippen LogP contribution in [0, 0.1) is 0 Å². The highest BCUT2D eigenvalue weighted by molar-refractivity contribution is 7.25. The summed E-state index contributed by atoms with van der Waals surface area (Å²) in [5, 5.41) is 9.58. The maximum Gasteiger partial charge on any atom is 0.164 e. The van der Waals surface area contributed by atoms with E-state index in [4.69, 9.17) is 19.4 Å². The zero-order valence-electron chi connectivity index (χ0n) is 31.1. The van der Waals surface area contributed by atoms with Gasteiger partial charge in [0.15, 0.2) is 17.5 Å². The Balaban J connectivity index is 1.05. The molecule has 0 atom stereocenters. The monoisotopic (exact) mass is 757 g/mol. The lowest BCUT2D eigenvalue weighted by molar-refractivity contribution is 0.669. The van der Waals surface area contributed by atoms with E-state index >= 15 is 0 Å². The SMILES string of the molecule is c1ccc(-c2nc(-c3ccc4c(c3)sc3ccccc34)nc(-c3ccccc3-c3cccc4oc5ccc(-c6cc7ccccc7c7ccccc67)cc5c34)n2)cc1. The second kappa shape index (κ2) is 13.1. The van der Waals surface area contributed by atoms with Gasteiger partial charge in [-0.3, -0.25) is 0 Å². The molecule has 12 aromatic rings. The number of thiophene rings is 1. The van der Waals surface area contributed by atoms with Crippen molar-refractivity contribution in [3.63, 3.8) is 0 Å². The van der Waals surface area contributed by atoms with Crippen LogP contribution in [-0.4, -0.2) is 15.0 Å². The Bertz CT molecular complexity index is 3590. The largest absolute Gasteiger partial charge is 0.456 e. The van der Waals surface area contributed by atoms with Gasteiger partial charge in [-0.15, -0.1) is 11.3 Å². The van der Waals surface area contributed by atoms with Crippen molar-refractivity contribution in [2.24, 2.45) is 0 Å². The van der Waals surface area contributed by atoms with E-state index in [2.05, 4.69) is 170 Å². The van der Waals surface area contributed by atoms with E-state index in [0.29, 0.717) is 17.5 Å². The molecule has 9 aromatic carbocycles. The van der Waals surface area contributed by atoms with Crippen LogP contribution in [0.4, 0.5) is 0 Å². The van der Waals surface area contributed by atoms with Crippen LogP contribution in [0.15, 0.2) is 192 Å². The van der Waals surface area contributed by atoms with Crippen molar-refractivity contribution in [1.29, 1.82) is 0 Å². The lowest BCUT2D eigenvalue weighted by Gasteiger charge is -2.13. The maximum absolute atomic E-state index is 6.58. The molecule has 3 aromatic heterocycles. The van der Waals surface area contributed by atoms with E-state index in [1.807, 2.05) is 18.2 Å². The molecule has 0 amide bonds. The van der Waals surface area contributed by atoms with Crippen molar-refractivity contribution >= 4 is 75.0 Å². The standard InChI is InChI=1S/C53H31N3OS/c1-2-13-32(14-3-1)51-54-52(35-25-27-41-40-20-10-11-24-48(40)58-49(41)31-35)56-53(55-51)43-21-9-8-19-39(43)42-22-12-23-47-50(42)45-30-34(26-28-46(45)57-47)44-29-33-15-4-5-16-36(33)37-17-6-7-18-38(37)44/h1-31H. The zero-order valence-corrected chi connectivity index (χ0v) is 31.9. The number of benzene rings is 9. The van der Waals surface area contributed by atoms with E-state index in [0.717, 1.165) is 55.3 Å². The predicted molar refractivity (Wildman–Crippen MR) is 242 cm³/mol. The predicted octanol–water partition coefficient (Wildman–Crippen LogP) is 14.8. The van der Waals surface area contributed by atoms with E-state index < -0.39 is 0 Å². The van der Waals surface area contributed by atoms with Gasteiger partial charge in [-0.25, -0.2) is 15.0 Å². The Kier molecular flexibility index (Phi) is 7.37. The fraction of sp³-hybridized carbons (Fsp3) is 0. The smallest absolute Gasteiger partial charge is 0.164 e. The molecule has 4 nitrogen and oxygen atoms in total. The molecule has 0 saturated heterocycles. The molecular weight excluding hydrogens is 727 g/mol. The second-order valence-electron chi connectivity index (χ2n) is 14.7. The number of hydrogen-bond acceptors (Lipinski definition) is 5. The van der Waals surface area contributed by atoms with Gasteiger partial charge in [0.1, 0.15) is 11.2 Å². The first kappa shape index (κ1) is 32.7. The van der Waals surface area contributed by atoms with Gasteiger partial charge in [0.2, 0.25) is 0 Å². The van der Waals surface area contributed by atoms with Gasteiger partial charge in [-0.1, -0.05) is 152 Å². The molecule has 0 spiro atoms. The lowest BCUT2D eigenvalue weighted by Crippen LogP contribution is -2.01. The summed E-state index contributed by atoms with van der Waals surface area (Å²) in [6, 6.07) is 66.3. The molecule has 270 valence electrons. The van der Waals surface area contributed by atoms with Crippen LogP contribution < -0.4 is 0 Å². The van der Waals surface area contributed by atoms with Crippen LogP contribution in [0.3, 0.4) is 0 Å². The number of aromatic nitrogens is 3. The van der Waals surface area contributed by atoms with E-state index in [1.54, 1.807) is 11.3 Å². The highest BCUT2D eigenvalue weighted by atomic mass is 32.1. The van der Waals surface area contributed by atoms with Crippen LogP contribution in [0.5, 0.6) is 0 Å². The summed E-state index contributed by atoms with van der Waals surface area (Å²) in [7, 11) is 0. The summed E-state index contributed by atoms with van der Waals surface area (Å²) in [6.07, 6.45) is 0. The molecule has 5 heteroatoms. The second-order valence-corrected chi connectivity index (χ2v) is 15.8. The van der Waals surface area contributed by atoms with Gasteiger partial charge in [-0.05, 0) is 80.2 Å². The van der Waals surface area contributed by atoms with Crippen molar-refractivity contribution < 1.29 is 4.42 Å². The van der Waals surface area contributed by atoms with Gasteiger partial charge in [0.25, 0.3) is 0 Å². The van der Waals surface area contributed by atoms with Crippen molar-refractivity contribution in [3.05, 3.63) is 188 Å². The summed E-state index contributed by atoms with van der Waals surface area (Å²) in [5.74, 6) is 1.88. The van der Waals surface area contributed by atoms with Gasteiger partial charge in [0.05, 0.1) is 0 Å². The first-order valence-corrected chi connectivity index (χ1v) is 20.2. The molecule has 12 rings (SSSR count). The Morgan fingerprint density at radius 2 is 0.983 bits per heavy atom. The summed E-state index contributed by atoms with van der Waals surface area (Å²) >= 11 is 1.79. The van der Waals surface area contributed by atoms with Crippen molar-refractivity contribution in [3.8, 4) is 56.4 Å². The van der Waals surface area contributed by atoms with E-state index in [1.165, 1.54) is 47.3 Å². The summed E-state index contributed by atoms with van der Waals surface area (Å²) in [5.41, 5.74) is 8.91. The Labute approximate surface area is 337 Å². The molecule has 0 saturated carbocycles. The molecule has 3 heterocycles. The first-order valence-electron chi connectivity index (χ1n) is 19.4. The molecule has 0 aliphatic rings. The highest BCUT2D eigenvalue weighted by Gasteiger charge is 2.20. The number of fused-ring (bicyclic) bond motifs is 9. The number of furan rings is 1. The van der Waals surface area contributed by atoms with Crippen LogP contribution >= 0.6 is 11.3 Å². The van der Waals surface area contributed by atoms with E-state index in [-0.39, 0.29) is 0 Å². The molecule has 0 bridgehead atoms. The molecule has 0 radical (unpaired) electrons. The highest BCUT2D eigenvalue weighted by Crippen LogP contribution is 2.43. The van der Waals surface area contributed by atoms with Crippen LogP contribution in [0.25, 0.3) is 120 Å². The zero-order chi connectivity index (χ0) is 38.2. The summed E-state index contributed by atoms with van der Waals surface area (Å²) in [6.45, 7) is 0. The number of hydrogen-bond donors (Lipinski definition) is 0. The Morgan fingerprint density at radius 3 is 1.86 bits per heavy atom. The number of nitrogens with zero attached hydrogens (tertiary/aromatic N) is 3. The van der Waals surface area contributed by atoms with Crippen LogP contribution in [-0.2, 0) is 0 Å². The normalized spacial score (nSPS) is 11.8. The van der Waals surface area contributed by atoms with Gasteiger partial charge >= 0.3 is 0 Å². The quantitative estimate of drug-likeness (QED) is 0.164. The minimum absolute atomic E-state index is 0.615. The van der Waals surface area contributed by atoms with Crippen molar-refractivity contribution in [1.82, 2.24) is 15.0 Å². The Morgan fingerprint density at radius 1 is 0.328 bits per heavy atom. The third-order valence-corrected chi connectivity index (χ3v) is 12.5. The van der Waals surface area contributed by atoms with E-state index in [9.17, 15) is 0 Å². The first-order chi connectivity index (χ1) is 28.7. The van der Waals surface area contributed by atoms with Crippen LogP contribution in [0.1, 0.15) is 0 Å². The molecular formula is C53H31N3OS. The molecule has 0 unspecified atom stereocenters. The molecule has 0 fully saturated rings. The average molecular weight is 758 g/mol. The molecule has 58 heavy (non-hydrogen) atoms. The van der Waals surface area contributed by atoms with Gasteiger partial charge < -0.3 is 4.42 Å². The average Bonchev–Trinajstić information content (AvgIpc) is 3.87. The fourth-order valence-corrected chi connectivity index (χ4v) is 9.78.